The first-order valence-corrected chi connectivity index (χ1v) is 7.13. The Hall–Kier alpha value is -1.32. The first-order chi connectivity index (χ1) is 9.24. The van der Waals surface area contributed by atoms with Crippen LogP contribution in [0.1, 0.15) is 31.0 Å². The van der Waals surface area contributed by atoms with Crippen LogP contribution in [0.3, 0.4) is 0 Å². The van der Waals surface area contributed by atoms with Gasteiger partial charge in [0.2, 0.25) is 0 Å². The number of para-hydroxylation sites is 1. The average molecular weight is 258 g/mol. The number of H-pyrrole nitrogens is 1. The molecule has 0 aliphatic carbocycles. The Morgan fingerprint density at radius 1 is 1.37 bits per heavy atom. The highest BCUT2D eigenvalue weighted by Gasteiger charge is 2.35. The summed E-state index contributed by atoms with van der Waals surface area (Å²) < 4.78 is 6.11. The number of nitrogens with one attached hydrogen (secondary N) is 2. The number of benzene rings is 1. The van der Waals surface area contributed by atoms with E-state index in [9.17, 15) is 0 Å². The van der Waals surface area contributed by atoms with E-state index in [1.807, 2.05) is 7.05 Å². The fourth-order valence-electron chi connectivity index (χ4n) is 3.16. The van der Waals surface area contributed by atoms with E-state index in [2.05, 4.69) is 41.5 Å². The summed E-state index contributed by atoms with van der Waals surface area (Å²) in [6.07, 6.45) is 3.19. The van der Waals surface area contributed by atoms with Gasteiger partial charge in [0, 0.05) is 10.9 Å². The topological polar surface area (TPSA) is 37.0 Å². The molecule has 3 rings (SSSR count). The van der Waals surface area contributed by atoms with E-state index in [1.165, 1.54) is 22.2 Å². The molecule has 0 radical (unpaired) electrons. The van der Waals surface area contributed by atoms with Crippen LogP contribution < -0.4 is 5.32 Å². The molecule has 1 aromatic carbocycles. The SMILES string of the molecule is CNCCCC1(C)OCCc2c1[nH]c1ccccc21. The molecular formula is C16H22N2O. The van der Waals surface area contributed by atoms with Crippen molar-refractivity contribution in [2.24, 2.45) is 0 Å². The van der Waals surface area contributed by atoms with Crippen molar-refractivity contribution in [2.75, 3.05) is 20.2 Å². The summed E-state index contributed by atoms with van der Waals surface area (Å²) in [4.78, 5) is 3.59. The maximum absolute atomic E-state index is 6.11. The Balaban J connectivity index is 1.99. The zero-order chi connectivity index (χ0) is 13.3. The van der Waals surface area contributed by atoms with Crippen molar-refractivity contribution in [1.82, 2.24) is 10.3 Å². The van der Waals surface area contributed by atoms with E-state index >= 15 is 0 Å². The molecule has 1 atom stereocenters. The second-order valence-corrected chi connectivity index (χ2v) is 5.56. The quantitative estimate of drug-likeness (QED) is 0.827. The molecule has 0 spiro atoms. The van der Waals surface area contributed by atoms with Crippen molar-refractivity contribution < 1.29 is 4.74 Å². The molecule has 0 saturated carbocycles. The summed E-state index contributed by atoms with van der Waals surface area (Å²) in [6, 6.07) is 8.57. The van der Waals surface area contributed by atoms with Gasteiger partial charge in [-0.05, 0) is 51.4 Å². The van der Waals surface area contributed by atoms with Crippen LogP contribution in [0.2, 0.25) is 0 Å². The lowest BCUT2D eigenvalue weighted by molar-refractivity contribution is -0.0557. The maximum atomic E-state index is 6.11. The van der Waals surface area contributed by atoms with Crippen LogP contribution in [0.5, 0.6) is 0 Å². The lowest BCUT2D eigenvalue weighted by atomic mass is 9.89. The Bertz CT molecular complexity index is 575. The number of aromatic amines is 1. The largest absolute Gasteiger partial charge is 0.369 e. The van der Waals surface area contributed by atoms with Crippen LogP contribution in [0, 0.1) is 0 Å². The summed E-state index contributed by atoms with van der Waals surface area (Å²) >= 11 is 0. The molecule has 1 aliphatic rings. The number of hydrogen-bond acceptors (Lipinski definition) is 2. The molecule has 19 heavy (non-hydrogen) atoms. The van der Waals surface area contributed by atoms with Crippen LogP contribution in [0.15, 0.2) is 24.3 Å². The number of hydrogen-bond donors (Lipinski definition) is 2. The molecule has 1 aliphatic heterocycles. The summed E-state index contributed by atoms with van der Waals surface area (Å²) in [7, 11) is 2.00. The van der Waals surface area contributed by atoms with Crippen molar-refractivity contribution in [1.29, 1.82) is 0 Å². The number of ether oxygens (including phenoxy) is 1. The molecule has 1 aromatic heterocycles. The first-order valence-electron chi connectivity index (χ1n) is 7.13. The van der Waals surface area contributed by atoms with E-state index in [1.54, 1.807) is 0 Å². The van der Waals surface area contributed by atoms with Crippen LogP contribution in [-0.2, 0) is 16.8 Å². The number of aromatic nitrogens is 1. The smallest absolute Gasteiger partial charge is 0.105 e. The van der Waals surface area contributed by atoms with Gasteiger partial charge in [-0.25, -0.2) is 0 Å². The predicted molar refractivity (Wildman–Crippen MR) is 78.5 cm³/mol. The molecule has 0 saturated heterocycles. The van der Waals surface area contributed by atoms with E-state index in [0.29, 0.717) is 0 Å². The van der Waals surface area contributed by atoms with Gasteiger partial charge in [0.1, 0.15) is 5.60 Å². The molecule has 0 amide bonds. The van der Waals surface area contributed by atoms with Crippen molar-refractivity contribution in [2.45, 2.75) is 31.8 Å². The lowest BCUT2D eigenvalue weighted by Crippen LogP contribution is -2.33. The van der Waals surface area contributed by atoms with Crippen LogP contribution in [0.25, 0.3) is 10.9 Å². The third kappa shape index (κ3) is 2.17. The highest BCUT2D eigenvalue weighted by atomic mass is 16.5. The molecule has 102 valence electrons. The van der Waals surface area contributed by atoms with Gasteiger partial charge in [-0.2, -0.15) is 0 Å². The average Bonchev–Trinajstić information content (AvgIpc) is 2.80. The van der Waals surface area contributed by atoms with Gasteiger partial charge in [-0.3, -0.25) is 0 Å². The van der Waals surface area contributed by atoms with E-state index in [0.717, 1.165) is 32.4 Å². The Morgan fingerprint density at radius 2 is 2.21 bits per heavy atom. The highest BCUT2D eigenvalue weighted by molar-refractivity contribution is 5.85. The number of rotatable bonds is 4. The molecule has 2 N–H and O–H groups in total. The van der Waals surface area contributed by atoms with Crippen molar-refractivity contribution in [3.63, 3.8) is 0 Å². The van der Waals surface area contributed by atoms with Crippen LogP contribution >= 0.6 is 0 Å². The Kier molecular flexibility index (Phi) is 3.33. The standard InChI is InChI=1S/C16H22N2O/c1-16(9-5-10-17-2)15-13(8-11-19-16)12-6-3-4-7-14(12)18-15/h3-4,6-7,17-18H,5,8-11H2,1-2H3. The Labute approximate surface area is 114 Å². The third-order valence-corrected chi connectivity index (χ3v) is 4.20. The second kappa shape index (κ2) is 4.99. The molecule has 2 aromatic rings. The minimum atomic E-state index is -0.163. The molecule has 0 fully saturated rings. The van der Waals surface area contributed by atoms with Crippen molar-refractivity contribution >= 4 is 10.9 Å². The van der Waals surface area contributed by atoms with E-state index in [4.69, 9.17) is 4.74 Å². The van der Waals surface area contributed by atoms with Gasteiger partial charge < -0.3 is 15.0 Å². The first kappa shape index (κ1) is 12.7. The summed E-state index contributed by atoms with van der Waals surface area (Å²) in [5.41, 5.74) is 3.81. The van der Waals surface area contributed by atoms with Gasteiger partial charge in [-0.15, -0.1) is 0 Å². The maximum Gasteiger partial charge on any atom is 0.105 e. The van der Waals surface area contributed by atoms with Crippen molar-refractivity contribution in [3.8, 4) is 0 Å². The van der Waals surface area contributed by atoms with Crippen molar-refractivity contribution in [3.05, 3.63) is 35.5 Å². The summed E-state index contributed by atoms with van der Waals surface area (Å²) in [5, 5.41) is 4.57. The molecule has 3 nitrogen and oxygen atoms in total. The van der Waals surface area contributed by atoms with Gasteiger partial charge >= 0.3 is 0 Å². The molecule has 3 heteroatoms. The summed E-state index contributed by atoms with van der Waals surface area (Å²) in [5.74, 6) is 0. The summed E-state index contributed by atoms with van der Waals surface area (Å²) in [6.45, 7) is 4.08. The molecule has 1 unspecified atom stereocenters. The predicted octanol–water partition coefficient (Wildman–Crippen LogP) is 2.96. The third-order valence-electron chi connectivity index (χ3n) is 4.20. The molecular weight excluding hydrogens is 236 g/mol. The van der Waals surface area contributed by atoms with Gasteiger partial charge in [0.15, 0.2) is 0 Å². The van der Waals surface area contributed by atoms with E-state index in [-0.39, 0.29) is 5.60 Å². The fraction of sp³-hybridized carbons (Fsp3) is 0.500. The van der Waals surface area contributed by atoms with Crippen LogP contribution in [0.4, 0.5) is 0 Å². The normalized spacial score (nSPS) is 22.6. The van der Waals surface area contributed by atoms with Gasteiger partial charge in [0.25, 0.3) is 0 Å². The zero-order valence-electron chi connectivity index (χ0n) is 11.8. The fourth-order valence-corrected chi connectivity index (χ4v) is 3.16. The Morgan fingerprint density at radius 3 is 3.05 bits per heavy atom. The van der Waals surface area contributed by atoms with Gasteiger partial charge in [0.05, 0.1) is 12.3 Å². The van der Waals surface area contributed by atoms with Crippen LogP contribution in [-0.4, -0.2) is 25.2 Å². The monoisotopic (exact) mass is 258 g/mol. The highest BCUT2D eigenvalue weighted by Crippen LogP contribution is 2.39. The lowest BCUT2D eigenvalue weighted by Gasteiger charge is -2.34. The minimum Gasteiger partial charge on any atom is -0.369 e. The second-order valence-electron chi connectivity index (χ2n) is 5.56. The molecule has 0 bridgehead atoms. The van der Waals surface area contributed by atoms with E-state index < -0.39 is 0 Å². The minimum absolute atomic E-state index is 0.163. The number of fused-ring (bicyclic) bond motifs is 3. The zero-order valence-corrected chi connectivity index (χ0v) is 11.8. The molecule has 2 heterocycles. The van der Waals surface area contributed by atoms with Gasteiger partial charge in [-0.1, -0.05) is 18.2 Å².